The molecule has 11 nitrogen and oxygen atoms in total. The van der Waals surface area contributed by atoms with Gasteiger partial charge in [0.05, 0.1) is 29.3 Å². The third-order valence-corrected chi connectivity index (χ3v) is 7.59. The molecule has 0 radical (unpaired) electrons. The van der Waals surface area contributed by atoms with E-state index in [0.29, 0.717) is 11.3 Å². The highest BCUT2D eigenvalue weighted by Crippen LogP contribution is 2.56. The van der Waals surface area contributed by atoms with E-state index in [9.17, 15) is 39.9 Å². The minimum Gasteiger partial charge on any atom is -0.508 e. The molecule has 0 aromatic heterocycles. The first kappa shape index (κ1) is 24.7. The summed E-state index contributed by atoms with van der Waals surface area (Å²) in [6, 6.07) is 1.92. The molecule has 11 heteroatoms. The highest BCUT2D eigenvalue weighted by atomic mass is 16.4. The normalized spacial score (nSPS) is 32.4. The molecule has 35 heavy (non-hydrogen) atoms. The first-order valence-electron chi connectivity index (χ1n) is 11.1. The van der Waals surface area contributed by atoms with Crippen molar-refractivity contribution in [3.05, 3.63) is 40.2 Å². The maximum absolute atomic E-state index is 13.9. The lowest BCUT2D eigenvalue weighted by molar-refractivity contribution is -0.169. The van der Waals surface area contributed by atoms with Gasteiger partial charge in [-0.15, -0.1) is 0 Å². The zero-order chi connectivity index (χ0) is 26.3. The van der Waals surface area contributed by atoms with Crippen LogP contribution in [0, 0.1) is 11.8 Å². The zero-order valence-corrected chi connectivity index (χ0v) is 20.0. The molecule has 1 aromatic carbocycles. The van der Waals surface area contributed by atoms with Crippen LogP contribution in [0.15, 0.2) is 29.0 Å². The standard InChI is InChI=1S/C24H29N3O8/c1-8-9-6-7-10(26(2)3)17(28)12(9)18(29)13-11(8)19(30)15-16(27(4)5)20(31)14(23(25)34)22(33)24(15,35)21(13)32/h6-8,11,15-16,19,28-30,33,35H,1-5H3,(H2,25,34)/t8-,11+,15+,16-,19-,24-/m0/s1. The van der Waals surface area contributed by atoms with E-state index in [2.05, 4.69) is 0 Å². The number of nitrogens with two attached hydrogens (primary N) is 1. The first-order chi connectivity index (χ1) is 16.2. The number of aliphatic hydroxyl groups excluding tert-OH is 3. The molecule has 0 spiro atoms. The molecule has 3 aliphatic rings. The number of hydrogen-bond donors (Lipinski definition) is 6. The lowest BCUT2D eigenvalue weighted by atomic mass is 9.54. The summed E-state index contributed by atoms with van der Waals surface area (Å²) in [5.74, 6) is -8.97. The molecule has 6 atom stereocenters. The number of Topliss-reactive ketones (excluding diaryl/α,β-unsaturated/α-hetero) is 2. The fourth-order valence-electron chi connectivity index (χ4n) is 5.97. The molecule has 3 aliphatic carbocycles. The quantitative estimate of drug-likeness (QED) is 0.305. The first-order valence-corrected chi connectivity index (χ1v) is 11.1. The molecule has 0 bridgehead atoms. The van der Waals surface area contributed by atoms with E-state index in [-0.39, 0.29) is 11.3 Å². The van der Waals surface area contributed by atoms with E-state index in [1.54, 1.807) is 38.1 Å². The van der Waals surface area contributed by atoms with E-state index in [4.69, 9.17) is 5.73 Å². The molecule has 7 N–H and O–H groups in total. The number of amides is 1. The zero-order valence-electron chi connectivity index (χ0n) is 20.0. The largest absolute Gasteiger partial charge is 0.508 e. The molecule has 0 saturated heterocycles. The van der Waals surface area contributed by atoms with Gasteiger partial charge >= 0.3 is 0 Å². The predicted molar refractivity (Wildman–Crippen MR) is 125 cm³/mol. The molecular weight excluding hydrogens is 458 g/mol. The lowest BCUT2D eigenvalue weighted by Crippen LogP contribution is -2.70. The van der Waals surface area contributed by atoms with Crippen molar-refractivity contribution in [1.82, 2.24) is 4.90 Å². The summed E-state index contributed by atoms with van der Waals surface area (Å²) in [5, 5.41) is 56.2. The Balaban J connectivity index is 2.06. The summed E-state index contributed by atoms with van der Waals surface area (Å²) < 4.78 is 0. The van der Waals surface area contributed by atoms with E-state index < -0.39 is 75.6 Å². The van der Waals surface area contributed by atoms with Crippen LogP contribution in [-0.4, -0.2) is 93.8 Å². The van der Waals surface area contributed by atoms with Crippen molar-refractivity contribution in [2.24, 2.45) is 17.6 Å². The Bertz CT molecular complexity index is 1230. The summed E-state index contributed by atoms with van der Waals surface area (Å²) in [6.07, 6.45) is -1.61. The molecule has 1 fully saturated rings. The summed E-state index contributed by atoms with van der Waals surface area (Å²) >= 11 is 0. The van der Waals surface area contributed by atoms with Crippen LogP contribution in [0.5, 0.6) is 5.75 Å². The van der Waals surface area contributed by atoms with Crippen LogP contribution in [0.3, 0.4) is 0 Å². The molecule has 188 valence electrons. The van der Waals surface area contributed by atoms with E-state index in [0.717, 1.165) is 0 Å². The van der Waals surface area contributed by atoms with Gasteiger partial charge in [0.25, 0.3) is 5.91 Å². The van der Waals surface area contributed by atoms with Crippen molar-refractivity contribution >= 4 is 28.9 Å². The van der Waals surface area contributed by atoms with Gasteiger partial charge in [0.1, 0.15) is 22.8 Å². The molecule has 1 amide bonds. The number of phenolic OH excluding ortho intramolecular Hbond substituents is 1. The summed E-state index contributed by atoms with van der Waals surface area (Å²) in [4.78, 5) is 42.0. The number of rotatable bonds is 3. The number of carbonyl (C=O) groups is 3. The van der Waals surface area contributed by atoms with Crippen LogP contribution < -0.4 is 10.6 Å². The molecular formula is C24H29N3O8. The maximum atomic E-state index is 13.9. The Hall–Kier alpha value is -3.41. The maximum Gasteiger partial charge on any atom is 0.255 e. The molecule has 1 aromatic rings. The highest BCUT2D eigenvalue weighted by Gasteiger charge is 2.68. The van der Waals surface area contributed by atoms with Crippen LogP contribution in [0.2, 0.25) is 0 Å². The third-order valence-electron chi connectivity index (χ3n) is 7.59. The number of likely N-dealkylation sites (N-methyl/N-ethyl adjacent to an activating group) is 1. The topological polar surface area (TPSA) is 185 Å². The average Bonchev–Trinajstić information content (AvgIpc) is 2.75. The second kappa shape index (κ2) is 7.80. The predicted octanol–water partition coefficient (Wildman–Crippen LogP) is -0.438. The number of aromatic hydroxyl groups is 1. The Labute approximate surface area is 201 Å². The number of ketones is 2. The number of primary amides is 1. The van der Waals surface area contributed by atoms with Gasteiger partial charge in [0.2, 0.25) is 5.78 Å². The molecule has 1 saturated carbocycles. The minimum atomic E-state index is -2.92. The van der Waals surface area contributed by atoms with E-state index in [1.807, 2.05) is 0 Å². The van der Waals surface area contributed by atoms with Crippen molar-refractivity contribution in [2.45, 2.75) is 30.6 Å². The average molecular weight is 488 g/mol. The molecule has 4 rings (SSSR count). The van der Waals surface area contributed by atoms with Crippen molar-refractivity contribution in [1.29, 1.82) is 0 Å². The van der Waals surface area contributed by atoms with Crippen molar-refractivity contribution in [3.63, 3.8) is 0 Å². The van der Waals surface area contributed by atoms with Gasteiger partial charge in [-0.3, -0.25) is 19.3 Å². The van der Waals surface area contributed by atoms with Gasteiger partial charge in [-0.05, 0) is 31.6 Å². The van der Waals surface area contributed by atoms with Crippen molar-refractivity contribution in [3.8, 4) is 5.75 Å². The van der Waals surface area contributed by atoms with Gasteiger partial charge in [-0.1, -0.05) is 13.0 Å². The second-order valence-electron chi connectivity index (χ2n) is 9.84. The smallest absolute Gasteiger partial charge is 0.255 e. The number of phenols is 1. The molecule has 0 heterocycles. The van der Waals surface area contributed by atoms with Gasteiger partial charge < -0.3 is 36.2 Å². The van der Waals surface area contributed by atoms with Gasteiger partial charge in [-0.25, -0.2) is 0 Å². The number of aliphatic hydroxyl groups is 4. The Morgan fingerprint density at radius 2 is 1.69 bits per heavy atom. The molecule has 0 aliphatic heterocycles. The van der Waals surface area contributed by atoms with Crippen LogP contribution in [0.25, 0.3) is 5.76 Å². The van der Waals surface area contributed by atoms with Gasteiger partial charge in [-0.2, -0.15) is 0 Å². The number of hydrogen-bond acceptors (Lipinski definition) is 10. The lowest BCUT2D eigenvalue weighted by Gasteiger charge is -2.53. The summed E-state index contributed by atoms with van der Waals surface area (Å²) in [7, 11) is 6.28. The Morgan fingerprint density at radius 1 is 1.09 bits per heavy atom. The van der Waals surface area contributed by atoms with E-state index >= 15 is 0 Å². The number of anilines is 1. The van der Waals surface area contributed by atoms with Crippen molar-refractivity contribution < 1.29 is 39.9 Å². The van der Waals surface area contributed by atoms with Crippen molar-refractivity contribution in [2.75, 3.05) is 33.1 Å². The monoisotopic (exact) mass is 487 g/mol. The van der Waals surface area contributed by atoms with Gasteiger partial charge in [0, 0.05) is 25.6 Å². The number of nitrogens with zero attached hydrogens (tertiary/aromatic N) is 2. The molecule has 0 unspecified atom stereocenters. The fourth-order valence-corrected chi connectivity index (χ4v) is 5.97. The minimum absolute atomic E-state index is 0.0350. The number of benzene rings is 1. The van der Waals surface area contributed by atoms with E-state index in [1.165, 1.54) is 19.0 Å². The van der Waals surface area contributed by atoms with Crippen LogP contribution in [0.4, 0.5) is 5.69 Å². The van der Waals surface area contributed by atoms with Gasteiger partial charge in [0.15, 0.2) is 11.4 Å². The van der Waals surface area contributed by atoms with Crippen LogP contribution >= 0.6 is 0 Å². The Kier molecular flexibility index (Phi) is 5.51. The second-order valence-corrected chi connectivity index (χ2v) is 9.84. The van der Waals surface area contributed by atoms with Crippen LogP contribution in [-0.2, 0) is 14.4 Å². The number of carbonyl (C=O) groups excluding carboxylic acids is 3. The third kappa shape index (κ3) is 2.98. The highest BCUT2D eigenvalue weighted by molar-refractivity contribution is 6.24. The Morgan fingerprint density at radius 3 is 2.20 bits per heavy atom. The van der Waals surface area contributed by atoms with Crippen LogP contribution in [0.1, 0.15) is 24.0 Å². The summed E-state index contributed by atoms with van der Waals surface area (Å²) in [5.41, 5.74) is 1.81. The fraction of sp³-hybridized carbons (Fsp3) is 0.458. The SMILES string of the molecule is C[C@H]1c2ccc(N(C)C)c(O)c2C(O)=C2C(=O)[C@]3(O)C(O)=C(C(N)=O)C(=O)[C@@H](N(C)C)[C@@H]3[C@@H](O)[C@@H]21. The summed E-state index contributed by atoms with van der Waals surface area (Å²) in [6.45, 7) is 1.69. The number of fused-ring (bicyclic) bond motifs is 3.